The molecule has 1 heteroatoms. The fourth-order valence-corrected chi connectivity index (χ4v) is 6.27. The topological polar surface area (TPSA) is 9.23 Å². The van der Waals surface area contributed by atoms with E-state index >= 15 is 0 Å². The summed E-state index contributed by atoms with van der Waals surface area (Å²) >= 11 is 0. The molecule has 2 fully saturated rings. The van der Waals surface area contributed by atoms with Crippen molar-refractivity contribution in [3.63, 3.8) is 0 Å². The Morgan fingerprint density at radius 2 is 1.21 bits per heavy atom. The Morgan fingerprint density at radius 1 is 0.643 bits per heavy atom. The SMILES string of the molecule is CCCCCCCC1(OCC)CCC(C2CCC(CCCCCC)CC2)CC1. The molecule has 0 aromatic rings. The van der Waals surface area contributed by atoms with E-state index in [4.69, 9.17) is 4.74 Å². The predicted octanol–water partition coefficient (Wildman–Crippen LogP) is 9.09. The molecule has 0 amide bonds. The largest absolute Gasteiger partial charge is 0.375 e. The second kappa shape index (κ2) is 14.1. The number of unbranched alkanes of at least 4 members (excludes halogenated alkanes) is 7. The van der Waals surface area contributed by atoms with Gasteiger partial charge < -0.3 is 4.74 Å². The minimum Gasteiger partial charge on any atom is -0.375 e. The minimum atomic E-state index is 0.244. The number of ether oxygens (including phenoxy) is 1. The zero-order valence-corrected chi connectivity index (χ0v) is 19.8. The third-order valence-corrected chi connectivity index (χ3v) is 8.15. The molecule has 0 atom stereocenters. The predicted molar refractivity (Wildman–Crippen MR) is 124 cm³/mol. The van der Waals surface area contributed by atoms with Crippen LogP contribution in [-0.4, -0.2) is 12.2 Å². The van der Waals surface area contributed by atoms with Gasteiger partial charge in [0.2, 0.25) is 0 Å². The van der Waals surface area contributed by atoms with Gasteiger partial charge in [-0.3, -0.25) is 0 Å². The molecule has 1 nitrogen and oxygen atoms in total. The van der Waals surface area contributed by atoms with E-state index in [-0.39, 0.29) is 5.60 Å². The molecule has 2 aliphatic rings. The highest BCUT2D eigenvalue weighted by atomic mass is 16.5. The normalized spacial score (nSPS) is 31.2. The van der Waals surface area contributed by atoms with Crippen molar-refractivity contribution in [2.75, 3.05) is 6.61 Å². The van der Waals surface area contributed by atoms with Crippen molar-refractivity contribution in [2.24, 2.45) is 17.8 Å². The monoisotopic (exact) mass is 392 g/mol. The van der Waals surface area contributed by atoms with E-state index in [0.717, 1.165) is 24.4 Å². The summed E-state index contributed by atoms with van der Waals surface area (Å²) < 4.78 is 6.39. The Morgan fingerprint density at radius 3 is 1.82 bits per heavy atom. The first kappa shape index (κ1) is 24.2. The van der Waals surface area contributed by atoms with E-state index in [1.54, 1.807) is 0 Å². The molecule has 0 aromatic heterocycles. The van der Waals surface area contributed by atoms with Crippen LogP contribution in [-0.2, 0) is 4.74 Å². The van der Waals surface area contributed by atoms with Crippen molar-refractivity contribution in [1.82, 2.24) is 0 Å². The number of hydrogen-bond acceptors (Lipinski definition) is 1. The van der Waals surface area contributed by atoms with Crippen LogP contribution in [0.3, 0.4) is 0 Å². The van der Waals surface area contributed by atoms with E-state index in [2.05, 4.69) is 20.8 Å². The van der Waals surface area contributed by atoms with Crippen LogP contribution in [0, 0.1) is 17.8 Å². The van der Waals surface area contributed by atoms with Crippen LogP contribution in [0.1, 0.15) is 143 Å². The summed E-state index contributed by atoms with van der Waals surface area (Å²) in [6.07, 6.45) is 27.3. The van der Waals surface area contributed by atoms with Gasteiger partial charge >= 0.3 is 0 Å². The van der Waals surface area contributed by atoms with Crippen molar-refractivity contribution in [3.05, 3.63) is 0 Å². The van der Waals surface area contributed by atoms with Gasteiger partial charge in [-0.2, -0.15) is 0 Å². The first-order chi connectivity index (χ1) is 13.7. The third kappa shape index (κ3) is 8.37. The van der Waals surface area contributed by atoms with Crippen LogP contribution in [0.4, 0.5) is 0 Å². The molecule has 0 N–H and O–H groups in total. The van der Waals surface area contributed by atoms with Crippen LogP contribution < -0.4 is 0 Å². The number of hydrogen-bond donors (Lipinski definition) is 0. The Kier molecular flexibility index (Phi) is 12.2. The van der Waals surface area contributed by atoms with Gasteiger partial charge in [-0.05, 0) is 69.6 Å². The maximum Gasteiger partial charge on any atom is 0.0682 e. The Balaban J connectivity index is 1.67. The zero-order valence-electron chi connectivity index (χ0n) is 19.8. The zero-order chi connectivity index (χ0) is 20.1. The molecule has 0 heterocycles. The molecule has 0 spiro atoms. The summed E-state index contributed by atoms with van der Waals surface area (Å²) in [5.41, 5.74) is 0.244. The summed E-state index contributed by atoms with van der Waals surface area (Å²) in [6, 6.07) is 0. The van der Waals surface area contributed by atoms with Crippen LogP contribution in [0.5, 0.6) is 0 Å². The molecule has 0 bridgehead atoms. The van der Waals surface area contributed by atoms with Crippen LogP contribution in [0.25, 0.3) is 0 Å². The lowest BCUT2D eigenvalue weighted by Gasteiger charge is -2.44. The highest BCUT2D eigenvalue weighted by Gasteiger charge is 2.38. The Labute approximate surface area is 177 Å². The second-order valence-electron chi connectivity index (χ2n) is 10.2. The number of rotatable bonds is 14. The molecule has 0 radical (unpaired) electrons. The molecule has 0 aromatic carbocycles. The van der Waals surface area contributed by atoms with Gasteiger partial charge in [-0.25, -0.2) is 0 Å². The molecular formula is C27H52O. The van der Waals surface area contributed by atoms with Crippen molar-refractivity contribution in [2.45, 2.75) is 148 Å². The van der Waals surface area contributed by atoms with Gasteiger partial charge in [0, 0.05) is 6.61 Å². The molecule has 2 saturated carbocycles. The van der Waals surface area contributed by atoms with E-state index < -0.39 is 0 Å². The molecule has 0 saturated heterocycles. The van der Waals surface area contributed by atoms with E-state index in [1.165, 1.54) is 122 Å². The van der Waals surface area contributed by atoms with Gasteiger partial charge in [-0.15, -0.1) is 0 Å². The van der Waals surface area contributed by atoms with Crippen LogP contribution >= 0.6 is 0 Å². The van der Waals surface area contributed by atoms with Gasteiger partial charge in [0.25, 0.3) is 0 Å². The standard InChI is InChI=1S/C27H52O/c1-4-7-9-11-13-21-27(28-6-3)22-19-26(20-23-27)25-17-15-24(16-18-25)14-12-10-8-5-2/h24-26H,4-23H2,1-3H3. The quantitative estimate of drug-likeness (QED) is 0.268. The lowest BCUT2D eigenvalue weighted by atomic mass is 9.67. The summed E-state index contributed by atoms with van der Waals surface area (Å²) in [6.45, 7) is 7.74. The second-order valence-corrected chi connectivity index (χ2v) is 10.2. The molecule has 0 aliphatic heterocycles. The molecule has 166 valence electrons. The first-order valence-corrected chi connectivity index (χ1v) is 13.4. The average molecular weight is 393 g/mol. The summed E-state index contributed by atoms with van der Waals surface area (Å²) in [4.78, 5) is 0. The van der Waals surface area contributed by atoms with E-state index in [1.807, 2.05) is 0 Å². The van der Waals surface area contributed by atoms with Crippen LogP contribution in [0.2, 0.25) is 0 Å². The van der Waals surface area contributed by atoms with Crippen molar-refractivity contribution in [1.29, 1.82) is 0 Å². The smallest absolute Gasteiger partial charge is 0.0682 e. The molecule has 28 heavy (non-hydrogen) atoms. The summed E-state index contributed by atoms with van der Waals surface area (Å²) in [5.74, 6) is 3.10. The van der Waals surface area contributed by atoms with Crippen molar-refractivity contribution < 1.29 is 4.74 Å². The fourth-order valence-electron chi connectivity index (χ4n) is 6.27. The van der Waals surface area contributed by atoms with Crippen molar-refractivity contribution >= 4 is 0 Å². The van der Waals surface area contributed by atoms with Gasteiger partial charge in [0.05, 0.1) is 5.60 Å². The lowest BCUT2D eigenvalue weighted by molar-refractivity contribution is -0.0855. The first-order valence-electron chi connectivity index (χ1n) is 13.4. The highest BCUT2D eigenvalue weighted by Crippen LogP contribution is 2.45. The fraction of sp³-hybridized carbons (Fsp3) is 1.00. The minimum absolute atomic E-state index is 0.244. The van der Waals surface area contributed by atoms with Gasteiger partial charge in [0.1, 0.15) is 0 Å². The Bertz CT molecular complexity index is 360. The molecule has 2 aliphatic carbocycles. The lowest BCUT2D eigenvalue weighted by Crippen LogP contribution is -2.39. The van der Waals surface area contributed by atoms with Gasteiger partial charge in [0.15, 0.2) is 0 Å². The summed E-state index contributed by atoms with van der Waals surface area (Å²) in [5, 5.41) is 0. The third-order valence-electron chi connectivity index (χ3n) is 8.15. The van der Waals surface area contributed by atoms with E-state index in [9.17, 15) is 0 Å². The van der Waals surface area contributed by atoms with E-state index in [0.29, 0.717) is 0 Å². The highest BCUT2D eigenvalue weighted by molar-refractivity contribution is 4.90. The van der Waals surface area contributed by atoms with Crippen LogP contribution in [0.15, 0.2) is 0 Å². The Hall–Kier alpha value is -0.0400. The average Bonchev–Trinajstić information content (AvgIpc) is 2.72. The molecule has 2 rings (SSSR count). The van der Waals surface area contributed by atoms with Gasteiger partial charge in [-0.1, -0.05) is 90.9 Å². The maximum atomic E-state index is 6.39. The van der Waals surface area contributed by atoms with Crippen molar-refractivity contribution in [3.8, 4) is 0 Å². The molecule has 0 unspecified atom stereocenters. The summed E-state index contributed by atoms with van der Waals surface area (Å²) in [7, 11) is 0. The maximum absolute atomic E-state index is 6.39. The molecular weight excluding hydrogens is 340 g/mol.